The Balaban J connectivity index is 1.54. The second-order valence-electron chi connectivity index (χ2n) is 6.57. The van der Waals surface area contributed by atoms with Crippen LogP contribution < -0.4 is 5.32 Å². The molecule has 130 valence electrons. The van der Waals surface area contributed by atoms with E-state index in [1.807, 2.05) is 66.2 Å². The molecule has 3 rings (SSSR count). The molecule has 0 aliphatic carbocycles. The van der Waals surface area contributed by atoms with Crippen LogP contribution in [0.3, 0.4) is 0 Å². The molecule has 0 saturated heterocycles. The minimum atomic E-state index is -1.18. The number of imidazole rings is 1. The molecule has 0 saturated carbocycles. The van der Waals surface area contributed by atoms with E-state index in [9.17, 15) is 9.90 Å². The molecule has 0 aliphatic rings. The Morgan fingerprint density at radius 2 is 2.00 bits per heavy atom. The first-order chi connectivity index (χ1) is 12.0. The van der Waals surface area contributed by atoms with Crippen LogP contribution in [-0.2, 0) is 16.8 Å². The van der Waals surface area contributed by atoms with Crippen molar-refractivity contribution >= 4 is 11.6 Å². The fraction of sp³-hybridized carbons (Fsp3) is 0.300. The number of carbonyl (C=O) groups is 1. The number of carbonyl (C=O) groups excluding carboxylic acids is 1. The van der Waals surface area contributed by atoms with Crippen LogP contribution in [0.25, 0.3) is 5.65 Å². The molecule has 2 heterocycles. The summed E-state index contributed by atoms with van der Waals surface area (Å²) in [7, 11) is 0. The van der Waals surface area contributed by atoms with E-state index < -0.39 is 5.60 Å². The van der Waals surface area contributed by atoms with Crippen molar-refractivity contribution in [1.29, 1.82) is 0 Å². The van der Waals surface area contributed by atoms with Crippen LogP contribution in [0.5, 0.6) is 0 Å². The number of benzene rings is 1. The molecule has 0 bridgehead atoms. The van der Waals surface area contributed by atoms with Crippen molar-refractivity contribution in [2.45, 2.75) is 32.3 Å². The van der Waals surface area contributed by atoms with Gasteiger partial charge in [-0.05, 0) is 31.0 Å². The summed E-state index contributed by atoms with van der Waals surface area (Å²) in [5, 5.41) is 13.4. The van der Waals surface area contributed by atoms with Crippen molar-refractivity contribution in [3.63, 3.8) is 0 Å². The van der Waals surface area contributed by atoms with E-state index in [0.29, 0.717) is 13.0 Å². The van der Waals surface area contributed by atoms with Crippen LogP contribution >= 0.6 is 0 Å². The Kier molecular flexibility index (Phi) is 4.86. The third-order valence-corrected chi connectivity index (χ3v) is 4.33. The summed E-state index contributed by atoms with van der Waals surface area (Å²) in [6.07, 6.45) is 4.63. The molecule has 1 unspecified atom stereocenters. The normalized spacial score (nSPS) is 13.6. The third-order valence-electron chi connectivity index (χ3n) is 4.33. The lowest BCUT2D eigenvalue weighted by atomic mass is 9.92. The summed E-state index contributed by atoms with van der Waals surface area (Å²) < 4.78 is 1.99. The lowest BCUT2D eigenvalue weighted by Gasteiger charge is -2.23. The highest BCUT2D eigenvalue weighted by Crippen LogP contribution is 2.23. The molecule has 0 radical (unpaired) electrons. The van der Waals surface area contributed by atoms with Crippen molar-refractivity contribution in [1.82, 2.24) is 14.7 Å². The van der Waals surface area contributed by atoms with Crippen LogP contribution in [-0.4, -0.2) is 26.9 Å². The largest absolute Gasteiger partial charge is 0.385 e. The van der Waals surface area contributed by atoms with E-state index in [4.69, 9.17) is 0 Å². The van der Waals surface area contributed by atoms with E-state index in [1.54, 1.807) is 6.92 Å². The number of fused-ring (bicyclic) bond motifs is 1. The molecule has 5 heteroatoms. The number of rotatable bonds is 6. The number of aromatic nitrogens is 2. The minimum absolute atomic E-state index is 0.0291. The van der Waals surface area contributed by atoms with E-state index in [2.05, 4.69) is 10.3 Å². The number of amides is 1. The molecular weight excluding hydrogens is 314 g/mol. The highest BCUT2D eigenvalue weighted by Gasteiger charge is 2.26. The van der Waals surface area contributed by atoms with Crippen LogP contribution in [0, 0.1) is 6.92 Å². The molecule has 25 heavy (non-hydrogen) atoms. The predicted molar refractivity (Wildman–Crippen MR) is 97.3 cm³/mol. The molecule has 1 atom stereocenters. The van der Waals surface area contributed by atoms with E-state index in [0.717, 1.165) is 22.5 Å². The Labute approximate surface area is 147 Å². The number of nitrogens with one attached hydrogen (secondary N) is 1. The lowest BCUT2D eigenvalue weighted by molar-refractivity contribution is -0.125. The highest BCUT2D eigenvalue weighted by atomic mass is 16.3. The van der Waals surface area contributed by atoms with Crippen LogP contribution in [0.1, 0.15) is 30.2 Å². The van der Waals surface area contributed by atoms with E-state index in [1.165, 1.54) is 0 Å². The van der Waals surface area contributed by atoms with Gasteiger partial charge in [-0.25, -0.2) is 4.98 Å². The van der Waals surface area contributed by atoms with Gasteiger partial charge in [-0.15, -0.1) is 0 Å². The summed E-state index contributed by atoms with van der Waals surface area (Å²) >= 11 is 0. The number of aryl methyl sites for hydroxylation is 1. The topological polar surface area (TPSA) is 66.6 Å². The van der Waals surface area contributed by atoms with Gasteiger partial charge in [0.05, 0.1) is 17.7 Å². The molecule has 1 amide bonds. The molecule has 0 fully saturated rings. The zero-order valence-corrected chi connectivity index (χ0v) is 14.6. The molecule has 5 nitrogen and oxygen atoms in total. The smallest absolute Gasteiger partial charge is 0.223 e. The standard InChI is InChI=1S/C20H23N3O2/c1-15-7-6-12-23-14-17(22-19(15)23)10-11-21-18(24)13-20(2,25)16-8-4-3-5-9-16/h3-9,12,14,25H,10-11,13H2,1-2H3,(H,21,24). The SMILES string of the molecule is Cc1cccn2cc(CCNC(=O)CC(C)(O)c3ccccc3)nc12. The number of pyridine rings is 1. The summed E-state index contributed by atoms with van der Waals surface area (Å²) in [6.45, 7) is 4.18. The molecule has 1 aromatic carbocycles. The van der Waals surface area contributed by atoms with Gasteiger partial charge in [-0.3, -0.25) is 4.79 Å². The van der Waals surface area contributed by atoms with Gasteiger partial charge in [-0.1, -0.05) is 36.4 Å². The van der Waals surface area contributed by atoms with Gasteiger partial charge >= 0.3 is 0 Å². The Morgan fingerprint density at radius 3 is 2.72 bits per heavy atom. The zero-order chi connectivity index (χ0) is 17.9. The van der Waals surface area contributed by atoms with Gasteiger partial charge in [-0.2, -0.15) is 0 Å². The maximum absolute atomic E-state index is 12.2. The maximum atomic E-state index is 12.2. The van der Waals surface area contributed by atoms with Crippen LogP contribution in [0.2, 0.25) is 0 Å². The fourth-order valence-electron chi connectivity index (χ4n) is 2.93. The predicted octanol–water partition coefficient (Wildman–Crippen LogP) is 2.60. The minimum Gasteiger partial charge on any atom is -0.385 e. The van der Waals surface area contributed by atoms with E-state index >= 15 is 0 Å². The highest BCUT2D eigenvalue weighted by molar-refractivity contribution is 5.77. The van der Waals surface area contributed by atoms with Gasteiger partial charge in [0, 0.05) is 25.4 Å². The number of nitrogens with zero attached hydrogens (tertiary/aromatic N) is 2. The summed E-state index contributed by atoms with van der Waals surface area (Å²) in [4.78, 5) is 16.7. The van der Waals surface area contributed by atoms with Crippen molar-refractivity contribution in [2.24, 2.45) is 0 Å². The van der Waals surface area contributed by atoms with Gasteiger partial charge in [0.1, 0.15) is 5.65 Å². The Morgan fingerprint density at radius 1 is 1.24 bits per heavy atom. The first-order valence-corrected chi connectivity index (χ1v) is 8.43. The van der Waals surface area contributed by atoms with Gasteiger partial charge in [0.2, 0.25) is 5.91 Å². The molecule has 0 spiro atoms. The molecule has 3 aromatic rings. The monoisotopic (exact) mass is 337 g/mol. The third kappa shape index (κ3) is 4.06. The average Bonchev–Trinajstić information content (AvgIpc) is 3.00. The fourth-order valence-corrected chi connectivity index (χ4v) is 2.93. The van der Waals surface area contributed by atoms with E-state index in [-0.39, 0.29) is 12.3 Å². The number of hydrogen-bond acceptors (Lipinski definition) is 3. The molecule has 0 aliphatic heterocycles. The van der Waals surface area contributed by atoms with Crippen molar-refractivity contribution in [3.8, 4) is 0 Å². The van der Waals surface area contributed by atoms with Crippen LogP contribution in [0.15, 0.2) is 54.9 Å². The Bertz CT molecular complexity index is 869. The first-order valence-electron chi connectivity index (χ1n) is 8.43. The summed E-state index contributed by atoms with van der Waals surface area (Å²) in [6, 6.07) is 13.3. The Hall–Kier alpha value is -2.66. The van der Waals surface area contributed by atoms with Gasteiger partial charge in [0.25, 0.3) is 0 Å². The lowest BCUT2D eigenvalue weighted by Crippen LogP contribution is -2.33. The van der Waals surface area contributed by atoms with Crippen molar-refractivity contribution < 1.29 is 9.90 Å². The zero-order valence-electron chi connectivity index (χ0n) is 14.6. The van der Waals surface area contributed by atoms with Crippen LogP contribution in [0.4, 0.5) is 0 Å². The average molecular weight is 337 g/mol. The van der Waals surface area contributed by atoms with Gasteiger partial charge < -0.3 is 14.8 Å². The molecular formula is C20H23N3O2. The molecule has 2 aromatic heterocycles. The second kappa shape index (κ2) is 7.07. The molecule has 2 N–H and O–H groups in total. The summed E-state index contributed by atoms with van der Waals surface area (Å²) in [5.74, 6) is -0.172. The number of aliphatic hydroxyl groups is 1. The van der Waals surface area contributed by atoms with Crippen molar-refractivity contribution in [3.05, 3.63) is 71.7 Å². The van der Waals surface area contributed by atoms with Crippen molar-refractivity contribution in [2.75, 3.05) is 6.54 Å². The maximum Gasteiger partial charge on any atom is 0.223 e. The quantitative estimate of drug-likeness (QED) is 0.726. The number of hydrogen-bond donors (Lipinski definition) is 2. The summed E-state index contributed by atoms with van der Waals surface area (Å²) in [5.41, 5.74) is 2.56. The van der Waals surface area contributed by atoms with Gasteiger partial charge in [0.15, 0.2) is 0 Å². The first kappa shape index (κ1) is 17.2. The second-order valence-corrected chi connectivity index (χ2v) is 6.57.